The summed E-state index contributed by atoms with van der Waals surface area (Å²) < 4.78 is 0. The van der Waals surface area contributed by atoms with E-state index >= 15 is 0 Å². The highest BCUT2D eigenvalue weighted by molar-refractivity contribution is 6.04. The molecular weight excluding hydrogens is 284 g/mol. The fourth-order valence-electron chi connectivity index (χ4n) is 2.48. The summed E-state index contributed by atoms with van der Waals surface area (Å²) in [6, 6.07) is 17.6. The minimum Gasteiger partial charge on any atom is -0.322 e. The Hall–Kier alpha value is -2.94. The number of anilines is 1. The molecule has 0 aliphatic heterocycles. The molecule has 0 unspecified atom stereocenters. The van der Waals surface area contributed by atoms with Crippen molar-refractivity contribution in [3.8, 4) is 11.1 Å². The molecule has 23 heavy (non-hydrogen) atoms. The minimum absolute atomic E-state index is 0.157. The molecule has 1 N–H and O–H groups in total. The van der Waals surface area contributed by atoms with Crippen LogP contribution in [0.1, 0.15) is 21.5 Å². The zero-order valence-corrected chi connectivity index (χ0v) is 13.2. The highest BCUT2D eigenvalue weighted by Gasteiger charge is 2.09. The number of amides is 1. The molecule has 3 aromatic rings. The Morgan fingerprint density at radius 1 is 0.957 bits per heavy atom. The van der Waals surface area contributed by atoms with Gasteiger partial charge in [-0.3, -0.25) is 9.78 Å². The molecule has 2 aromatic carbocycles. The largest absolute Gasteiger partial charge is 0.322 e. The van der Waals surface area contributed by atoms with E-state index in [0.29, 0.717) is 5.56 Å². The first-order valence-electron chi connectivity index (χ1n) is 7.52. The van der Waals surface area contributed by atoms with Crippen LogP contribution in [0.3, 0.4) is 0 Å². The molecule has 0 radical (unpaired) electrons. The summed E-state index contributed by atoms with van der Waals surface area (Å²) in [4.78, 5) is 16.6. The lowest BCUT2D eigenvalue weighted by atomic mass is 9.99. The van der Waals surface area contributed by atoms with Gasteiger partial charge in [0.05, 0.1) is 5.56 Å². The van der Waals surface area contributed by atoms with Gasteiger partial charge in [0.2, 0.25) is 0 Å². The Balaban J connectivity index is 1.91. The van der Waals surface area contributed by atoms with E-state index in [4.69, 9.17) is 0 Å². The second kappa shape index (κ2) is 6.44. The number of carbonyl (C=O) groups excluding carboxylic acids is 1. The van der Waals surface area contributed by atoms with Gasteiger partial charge in [-0.25, -0.2) is 0 Å². The minimum atomic E-state index is -0.157. The number of hydrogen-bond acceptors (Lipinski definition) is 2. The van der Waals surface area contributed by atoms with Crippen LogP contribution in [0.2, 0.25) is 0 Å². The third-order valence-electron chi connectivity index (χ3n) is 3.74. The highest BCUT2D eigenvalue weighted by atomic mass is 16.1. The first kappa shape index (κ1) is 15.0. The predicted octanol–water partition coefficient (Wildman–Crippen LogP) is 4.62. The SMILES string of the molecule is Cc1ccc(C)c(-c2cncc(C(=O)Nc3ccccc3)c2)c1. The number of aromatic nitrogens is 1. The third kappa shape index (κ3) is 3.46. The zero-order chi connectivity index (χ0) is 16.2. The standard InChI is InChI=1S/C20H18N2O/c1-14-8-9-15(2)19(10-14)16-11-17(13-21-12-16)20(23)22-18-6-4-3-5-7-18/h3-13H,1-2H3,(H,22,23). The fourth-order valence-corrected chi connectivity index (χ4v) is 2.48. The van der Waals surface area contributed by atoms with E-state index in [-0.39, 0.29) is 5.91 Å². The number of hydrogen-bond donors (Lipinski definition) is 1. The lowest BCUT2D eigenvalue weighted by Crippen LogP contribution is -2.12. The van der Waals surface area contributed by atoms with E-state index in [2.05, 4.69) is 42.3 Å². The molecule has 1 heterocycles. The lowest BCUT2D eigenvalue weighted by Gasteiger charge is -2.09. The third-order valence-corrected chi connectivity index (χ3v) is 3.74. The van der Waals surface area contributed by atoms with Crippen molar-refractivity contribution in [2.24, 2.45) is 0 Å². The van der Waals surface area contributed by atoms with Gasteiger partial charge < -0.3 is 5.32 Å². The van der Waals surface area contributed by atoms with Gasteiger partial charge in [-0.15, -0.1) is 0 Å². The van der Waals surface area contributed by atoms with Crippen LogP contribution in [0.15, 0.2) is 67.0 Å². The summed E-state index contributed by atoms with van der Waals surface area (Å²) in [7, 11) is 0. The van der Waals surface area contributed by atoms with Crippen molar-refractivity contribution in [2.45, 2.75) is 13.8 Å². The van der Waals surface area contributed by atoms with Crippen LogP contribution in [-0.2, 0) is 0 Å². The summed E-state index contributed by atoms with van der Waals surface area (Å²) in [5.74, 6) is -0.157. The first-order valence-corrected chi connectivity index (χ1v) is 7.52. The summed E-state index contributed by atoms with van der Waals surface area (Å²) >= 11 is 0. The highest BCUT2D eigenvalue weighted by Crippen LogP contribution is 2.24. The summed E-state index contributed by atoms with van der Waals surface area (Å²) in [6.07, 6.45) is 3.38. The number of pyridine rings is 1. The molecule has 1 amide bonds. The first-order chi connectivity index (χ1) is 11.1. The maximum atomic E-state index is 12.4. The number of rotatable bonds is 3. The molecule has 0 aliphatic rings. The molecule has 3 rings (SSSR count). The molecule has 0 spiro atoms. The Bertz CT molecular complexity index is 841. The Labute approximate surface area is 136 Å². The van der Waals surface area contributed by atoms with Gasteiger partial charge in [-0.1, -0.05) is 42.0 Å². The monoisotopic (exact) mass is 302 g/mol. The van der Waals surface area contributed by atoms with E-state index < -0.39 is 0 Å². The molecule has 0 bridgehead atoms. The van der Waals surface area contributed by atoms with Crippen LogP contribution in [0.25, 0.3) is 11.1 Å². The van der Waals surface area contributed by atoms with Crippen molar-refractivity contribution >= 4 is 11.6 Å². The van der Waals surface area contributed by atoms with Crippen molar-refractivity contribution in [1.29, 1.82) is 0 Å². The second-order valence-electron chi connectivity index (χ2n) is 5.60. The van der Waals surface area contributed by atoms with Crippen molar-refractivity contribution in [2.75, 3.05) is 5.32 Å². The van der Waals surface area contributed by atoms with E-state index in [1.165, 1.54) is 5.56 Å². The number of para-hydroxylation sites is 1. The molecule has 3 heteroatoms. The van der Waals surface area contributed by atoms with Gasteiger partial charge in [0.25, 0.3) is 5.91 Å². The van der Waals surface area contributed by atoms with Gasteiger partial charge in [0.15, 0.2) is 0 Å². The van der Waals surface area contributed by atoms with E-state index in [9.17, 15) is 4.79 Å². The quantitative estimate of drug-likeness (QED) is 0.767. The van der Waals surface area contributed by atoms with Crippen LogP contribution < -0.4 is 5.32 Å². The number of nitrogens with one attached hydrogen (secondary N) is 1. The van der Waals surface area contributed by atoms with Crippen LogP contribution >= 0.6 is 0 Å². The zero-order valence-electron chi connectivity index (χ0n) is 13.2. The Morgan fingerprint density at radius 2 is 1.74 bits per heavy atom. The Morgan fingerprint density at radius 3 is 2.52 bits per heavy atom. The van der Waals surface area contributed by atoms with Gasteiger partial charge in [-0.2, -0.15) is 0 Å². The van der Waals surface area contributed by atoms with Crippen LogP contribution in [-0.4, -0.2) is 10.9 Å². The van der Waals surface area contributed by atoms with Crippen LogP contribution in [0.5, 0.6) is 0 Å². The molecule has 0 fully saturated rings. The van der Waals surface area contributed by atoms with Gasteiger partial charge >= 0.3 is 0 Å². The molecule has 3 nitrogen and oxygen atoms in total. The maximum absolute atomic E-state index is 12.4. The van der Waals surface area contributed by atoms with Crippen molar-refractivity contribution in [1.82, 2.24) is 4.98 Å². The summed E-state index contributed by atoms with van der Waals surface area (Å²) in [5, 5.41) is 2.88. The van der Waals surface area contributed by atoms with Crippen molar-refractivity contribution in [3.63, 3.8) is 0 Å². The van der Waals surface area contributed by atoms with Gasteiger partial charge in [0.1, 0.15) is 0 Å². The molecule has 1 aromatic heterocycles. The fraction of sp³-hybridized carbons (Fsp3) is 0.100. The summed E-state index contributed by atoms with van der Waals surface area (Å²) in [5.41, 5.74) is 5.73. The molecule has 0 atom stereocenters. The number of nitrogens with zero attached hydrogens (tertiary/aromatic N) is 1. The Kier molecular flexibility index (Phi) is 4.20. The van der Waals surface area contributed by atoms with Crippen LogP contribution in [0, 0.1) is 13.8 Å². The molecular formula is C20H18N2O. The lowest BCUT2D eigenvalue weighted by molar-refractivity contribution is 0.102. The van der Waals surface area contributed by atoms with E-state index in [0.717, 1.165) is 22.4 Å². The van der Waals surface area contributed by atoms with Gasteiger partial charge in [-0.05, 0) is 43.2 Å². The van der Waals surface area contributed by atoms with Gasteiger partial charge in [0, 0.05) is 23.6 Å². The molecule has 0 saturated carbocycles. The molecule has 0 aliphatic carbocycles. The van der Waals surface area contributed by atoms with Crippen molar-refractivity contribution < 1.29 is 4.79 Å². The second-order valence-corrected chi connectivity index (χ2v) is 5.60. The summed E-state index contributed by atoms with van der Waals surface area (Å²) in [6.45, 7) is 4.12. The average Bonchev–Trinajstić information content (AvgIpc) is 2.58. The molecule has 114 valence electrons. The van der Waals surface area contributed by atoms with E-state index in [1.54, 1.807) is 12.4 Å². The smallest absolute Gasteiger partial charge is 0.257 e. The van der Waals surface area contributed by atoms with Crippen molar-refractivity contribution in [3.05, 3.63) is 83.7 Å². The number of carbonyl (C=O) groups is 1. The topological polar surface area (TPSA) is 42.0 Å². The normalized spacial score (nSPS) is 10.3. The van der Waals surface area contributed by atoms with Crippen LogP contribution in [0.4, 0.5) is 5.69 Å². The number of aryl methyl sites for hydroxylation is 2. The average molecular weight is 302 g/mol. The number of benzene rings is 2. The predicted molar refractivity (Wildman–Crippen MR) is 93.5 cm³/mol. The molecule has 0 saturated heterocycles. The van der Waals surface area contributed by atoms with E-state index in [1.807, 2.05) is 36.4 Å². The maximum Gasteiger partial charge on any atom is 0.257 e.